The van der Waals surface area contributed by atoms with Gasteiger partial charge < -0.3 is 10.1 Å². The molecule has 0 bridgehead atoms. The van der Waals surface area contributed by atoms with Crippen LogP contribution >= 0.6 is 0 Å². The smallest absolute Gasteiger partial charge is 0.413 e. The van der Waals surface area contributed by atoms with Gasteiger partial charge in [-0.3, -0.25) is 5.32 Å². The highest BCUT2D eigenvalue weighted by molar-refractivity contribution is 5.96. The van der Waals surface area contributed by atoms with Crippen LogP contribution in [0.4, 0.5) is 15.5 Å². The molecule has 7 nitrogen and oxygen atoms in total. The Labute approximate surface area is 147 Å². The summed E-state index contributed by atoms with van der Waals surface area (Å²) in [5, 5.41) is 5.38. The van der Waals surface area contributed by atoms with Crippen LogP contribution < -0.4 is 10.6 Å². The molecule has 2 aromatic rings. The van der Waals surface area contributed by atoms with E-state index in [1.165, 1.54) is 37.4 Å². The van der Waals surface area contributed by atoms with Crippen LogP contribution in [0.15, 0.2) is 24.3 Å². The molecule has 0 saturated carbocycles. The number of nitrogens with one attached hydrogen (secondary N) is 2. The van der Waals surface area contributed by atoms with E-state index >= 15 is 0 Å². The molecule has 0 aliphatic rings. The third kappa shape index (κ3) is 5.20. The monoisotopic (exact) mass is 346 g/mol. The van der Waals surface area contributed by atoms with Crippen molar-refractivity contribution in [3.05, 3.63) is 24.3 Å². The summed E-state index contributed by atoms with van der Waals surface area (Å²) in [5.74, 6) is 0.147. The number of methoxy groups -OCH3 is 1. The number of benzene rings is 1. The quantitative estimate of drug-likeness (QED) is 0.704. The zero-order valence-electron chi connectivity index (χ0n) is 14.9. The SMILES string of the molecule is CCCCCCCCNC(=O)n1c(NC(=O)OC)nc2ccccc21. The van der Waals surface area contributed by atoms with Gasteiger partial charge in [-0.1, -0.05) is 51.2 Å². The number of anilines is 1. The molecule has 0 radical (unpaired) electrons. The van der Waals surface area contributed by atoms with Crippen LogP contribution in [0.25, 0.3) is 11.0 Å². The van der Waals surface area contributed by atoms with Gasteiger partial charge >= 0.3 is 12.1 Å². The average molecular weight is 346 g/mol. The second-order valence-corrected chi connectivity index (χ2v) is 5.88. The largest absolute Gasteiger partial charge is 0.453 e. The summed E-state index contributed by atoms with van der Waals surface area (Å²) in [6.45, 7) is 2.78. The molecule has 25 heavy (non-hydrogen) atoms. The van der Waals surface area contributed by atoms with Crippen LogP contribution in [0.2, 0.25) is 0 Å². The van der Waals surface area contributed by atoms with E-state index in [9.17, 15) is 9.59 Å². The van der Waals surface area contributed by atoms with Gasteiger partial charge in [0.25, 0.3) is 0 Å². The van der Waals surface area contributed by atoms with Gasteiger partial charge in [0.05, 0.1) is 18.1 Å². The lowest BCUT2D eigenvalue weighted by Gasteiger charge is -2.10. The number of carbonyl (C=O) groups is 2. The Morgan fingerprint density at radius 3 is 2.60 bits per heavy atom. The van der Waals surface area contributed by atoms with Crippen LogP contribution in [0.5, 0.6) is 0 Å². The fourth-order valence-corrected chi connectivity index (χ4v) is 2.64. The highest BCUT2D eigenvalue weighted by Crippen LogP contribution is 2.19. The van der Waals surface area contributed by atoms with Gasteiger partial charge in [0.15, 0.2) is 0 Å². The molecule has 0 atom stereocenters. The van der Waals surface area contributed by atoms with E-state index in [1.54, 1.807) is 12.1 Å². The molecule has 136 valence electrons. The van der Waals surface area contributed by atoms with Crippen molar-refractivity contribution in [2.24, 2.45) is 0 Å². The van der Waals surface area contributed by atoms with Crippen molar-refractivity contribution in [2.45, 2.75) is 45.4 Å². The molecule has 0 aliphatic carbocycles. The van der Waals surface area contributed by atoms with Crippen molar-refractivity contribution in [2.75, 3.05) is 19.0 Å². The summed E-state index contributed by atoms with van der Waals surface area (Å²) in [7, 11) is 1.26. The van der Waals surface area contributed by atoms with Crippen molar-refractivity contribution in [1.29, 1.82) is 0 Å². The Kier molecular flexibility index (Phi) is 7.25. The molecule has 0 aliphatic heterocycles. The predicted octanol–water partition coefficient (Wildman–Crippen LogP) is 4.13. The summed E-state index contributed by atoms with van der Waals surface area (Å²) in [6, 6.07) is 6.91. The lowest BCUT2D eigenvalue weighted by Crippen LogP contribution is -2.31. The summed E-state index contributed by atoms with van der Waals surface area (Å²) < 4.78 is 5.96. The van der Waals surface area contributed by atoms with Crippen molar-refractivity contribution in [3.8, 4) is 0 Å². The molecule has 0 spiro atoms. The number of fused-ring (bicyclic) bond motifs is 1. The zero-order chi connectivity index (χ0) is 18.1. The van der Waals surface area contributed by atoms with Gasteiger partial charge in [-0.2, -0.15) is 0 Å². The summed E-state index contributed by atoms with van der Waals surface area (Å²) in [5.41, 5.74) is 1.26. The minimum atomic E-state index is -0.666. The molecule has 7 heteroatoms. The van der Waals surface area contributed by atoms with E-state index < -0.39 is 6.09 Å². The predicted molar refractivity (Wildman–Crippen MR) is 97.9 cm³/mol. The number of hydrogen-bond acceptors (Lipinski definition) is 4. The number of aromatic nitrogens is 2. The molecule has 2 rings (SSSR count). The first kappa shape index (κ1) is 18.8. The molecule has 0 fully saturated rings. The molecule has 0 unspecified atom stereocenters. The topological polar surface area (TPSA) is 85.2 Å². The Hall–Kier alpha value is -2.57. The third-order valence-corrected chi connectivity index (χ3v) is 3.97. The van der Waals surface area contributed by atoms with E-state index in [4.69, 9.17) is 0 Å². The molecule has 1 aromatic heterocycles. The van der Waals surface area contributed by atoms with Crippen LogP contribution in [-0.2, 0) is 4.74 Å². The minimum Gasteiger partial charge on any atom is -0.453 e. The van der Waals surface area contributed by atoms with Crippen molar-refractivity contribution < 1.29 is 14.3 Å². The first-order valence-electron chi connectivity index (χ1n) is 8.78. The van der Waals surface area contributed by atoms with E-state index in [0.717, 1.165) is 12.8 Å². The number of hydrogen-bond donors (Lipinski definition) is 2. The Bertz CT molecular complexity index is 711. The number of unbranched alkanes of at least 4 members (excludes halogenated alkanes) is 5. The molecular formula is C18H26N4O3. The lowest BCUT2D eigenvalue weighted by molar-refractivity contribution is 0.186. The molecule has 2 N–H and O–H groups in total. The molecule has 0 saturated heterocycles. The number of rotatable bonds is 8. The Morgan fingerprint density at radius 1 is 1.12 bits per heavy atom. The number of imidazole rings is 1. The van der Waals surface area contributed by atoms with Crippen LogP contribution in [0, 0.1) is 0 Å². The third-order valence-electron chi connectivity index (χ3n) is 3.97. The van der Waals surface area contributed by atoms with Gasteiger partial charge in [-0.05, 0) is 18.6 Å². The number of amides is 2. The van der Waals surface area contributed by atoms with Gasteiger partial charge in [0, 0.05) is 6.54 Å². The first-order chi connectivity index (χ1) is 12.2. The number of ether oxygens (including phenoxy) is 1. The maximum Gasteiger partial charge on any atom is 0.413 e. The summed E-state index contributed by atoms with van der Waals surface area (Å²) in [6.07, 6.45) is 6.27. The molecule has 2 amide bonds. The van der Waals surface area contributed by atoms with Gasteiger partial charge in [0.1, 0.15) is 0 Å². The van der Waals surface area contributed by atoms with E-state index in [0.29, 0.717) is 17.6 Å². The fraction of sp³-hybridized carbons (Fsp3) is 0.500. The summed E-state index contributed by atoms with van der Waals surface area (Å²) >= 11 is 0. The van der Waals surface area contributed by atoms with Crippen molar-refractivity contribution >= 4 is 29.1 Å². The van der Waals surface area contributed by atoms with Gasteiger partial charge in [-0.25, -0.2) is 19.1 Å². The highest BCUT2D eigenvalue weighted by atomic mass is 16.5. The van der Waals surface area contributed by atoms with E-state index in [-0.39, 0.29) is 12.0 Å². The fourth-order valence-electron chi connectivity index (χ4n) is 2.64. The van der Waals surface area contributed by atoms with Gasteiger partial charge in [0.2, 0.25) is 5.95 Å². The number of nitrogens with zero attached hydrogens (tertiary/aromatic N) is 2. The highest BCUT2D eigenvalue weighted by Gasteiger charge is 2.18. The number of para-hydroxylation sites is 2. The standard InChI is InChI=1S/C18H26N4O3/c1-3-4-5-6-7-10-13-19-17(23)22-15-12-9-8-11-14(15)20-16(22)21-18(24)25-2/h8-9,11-12H,3-7,10,13H2,1-2H3,(H,19,23)(H,20,21,24). The van der Waals surface area contributed by atoms with Crippen LogP contribution in [-0.4, -0.2) is 35.3 Å². The van der Waals surface area contributed by atoms with E-state index in [1.807, 2.05) is 12.1 Å². The maximum atomic E-state index is 12.6. The number of carbonyl (C=O) groups excluding carboxylic acids is 2. The second kappa shape index (κ2) is 9.66. The van der Waals surface area contributed by atoms with Crippen molar-refractivity contribution in [3.63, 3.8) is 0 Å². The molecular weight excluding hydrogens is 320 g/mol. The van der Waals surface area contributed by atoms with Crippen molar-refractivity contribution in [1.82, 2.24) is 14.9 Å². The first-order valence-corrected chi connectivity index (χ1v) is 8.78. The second-order valence-electron chi connectivity index (χ2n) is 5.88. The van der Waals surface area contributed by atoms with E-state index in [2.05, 4.69) is 27.3 Å². The van der Waals surface area contributed by atoms with Gasteiger partial charge in [-0.15, -0.1) is 0 Å². The minimum absolute atomic E-state index is 0.147. The zero-order valence-corrected chi connectivity index (χ0v) is 14.9. The Balaban J connectivity index is 2.01. The van der Waals surface area contributed by atoms with Crippen LogP contribution in [0.1, 0.15) is 45.4 Å². The lowest BCUT2D eigenvalue weighted by atomic mass is 10.1. The average Bonchev–Trinajstić information content (AvgIpc) is 2.98. The Morgan fingerprint density at radius 2 is 1.84 bits per heavy atom. The normalized spacial score (nSPS) is 10.6. The molecule has 1 heterocycles. The summed E-state index contributed by atoms with van der Waals surface area (Å²) in [4.78, 5) is 28.4. The van der Waals surface area contributed by atoms with Crippen LogP contribution in [0.3, 0.4) is 0 Å². The maximum absolute atomic E-state index is 12.6. The molecule has 1 aromatic carbocycles.